The molecule has 23 heavy (non-hydrogen) atoms. The maximum absolute atomic E-state index is 12.0. The van der Waals surface area contributed by atoms with E-state index in [9.17, 15) is 9.59 Å². The van der Waals surface area contributed by atoms with Crippen molar-refractivity contribution < 1.29 is 9.53 Å². The zero-order valence-corrected chi connectivity index (χ0v) is 13.6. The van der Waals surface area contributed by atoms with Gasteiger partial charge in [-0.3, -0.25) is 9.89 Å². The number of nitrogens with zero attached hydrogens (tertiary/aromatic N) is 1. The van der Waals surface area contributed by atoms with Crippen molar-refractivity contribution in [3.8, 4) is 5.69 Å². The van der Waals surface area contributed by atoms with Crippen LogP contribution < -0.4 is 5.56 Å². The van der Waals surface area contributed by atoms with Crippen LogP contribution in [-0.4, -0.2) is 22.4 Å². The molecule has 0 atom stereocenters. The number of hydrogen-bond donors (Lipinski definition) is 1. The van der Waals surface area contributed by atoms with Gasteiger partial charge in [-0.1, -0.05) is 57.2 Å². The first-order valence-electron chi connectivity index (χ1n) is 8.27. The third-order valence-electron chi connectivity index (χ3n) is 3.69. The van der Waals surface area contributed by atoms with E-state index >= 15 is 0 Å². The van der Waals surface area contributed by atoms with Crippen molar-refractivity contribution >= 4 is 5.97 Å². The summed E-state index contributed by atoms with van der Waals surface area (Å²) in [6.45, 7) is 2.58. The molecular weight excluding hydrogens is 292 g/mol. The number of carbonyl (C=O) groups is 1. The maximum Gasteiger partial charge on any atom is 0.356 e. The number of esters is 1. The number of H-pyrrole nitrogens is 1. The standard InChI is InChI=1S/C18H24N2O3/c1-2-3-4-5-6-10-13-23-18(22)16-14-17(21)20(19-16)15-11-8-7-9-12-15/h7-9,11-12,14,19H,2-6,10,13H2,1H3. The summed E-state index contributed by atoms with van der Waals surface area (Å²) in [5.41, 5.74) is 0.597. The Kier molecular flexibility index (Phi) is 6.66. The summed E-state index contributed by atoms with van der Waals surface area (Å²) in [5, 5.41) is 2.80. The third kappa shape index (κ3) is 5.13. The number of rotatable bonds is 9. The van der Waals surface area contributed by atoms with Gasteiger partial charge < -0.3 is 4.74 Å². The predicted molar refractivity (Wildman–Crippen MR) is 90.0 cm³/mol. The molecule has 0 aliphatic rings. The van der Waals surface area contributed by atoms with Crippen molar-refractivity contribution in [3.63, 3.8) is 0 Å². The Bertz CT molecular complexity index is 658. The molecule has 0 bridgehead atoms. The number of ether oxygens (including phenoxy) is 1. The highest BCUT2D eigenvalue weighted by Gasteiger charge is 2.13. The summed E-state index contributed by atoms with van der Waals surface area (Å²) >= 11 is 0. The number of aromatic nitrogens is 2. The first-order chi connectivity index (χ1) is 11.2. The number of carbonyl (C=O) groups excluding carboxylic acids is 1. The Labute approximate surface area is 136 Å². The highest BCUT2D eigenvalue weighted by atomic mass is 16.5. The molecule has 1 aromatic carbocycles. The molecular formula is C18H24N2O3. The molecule has 0 radical (unpaired) electrons. The van der Waals surface area contributed by atoms with E-state index in [0.717, 1.165) is 12.8 Å². The fourth-order valence-electron chi connectivity index (χ4n) is 2.39. The molecule has 2 rings (SSSR count). The molecule has 1 heterocycles. The number of aromatic amines is 1. The Morgan fingerprint density at radius 2 is 1.78 bits per heavy atom. The molecule has 5 heteroatoms. The molecule has 0 amide bonds. The zero-order chi connectivity index (χ0) is 16.5. The fourth-order valence-corrected chi connectivity index (χ4v) is 2.39. The molecule has 0 aliphatic carbocycles. The molecule has 0 fully saturated rings. The summed E-state index contributed by atoms with van der Waals surface area (Å²) in [7, 11) is 0. The summed E-state index contributed by atoms with van der Waals surface area (Å²) in [6.07, 6.45) is 6.81. The van der Waals surface area contributed by atoms with E-state index in [1.807, 2.05) is 18.2 Å². The summed E-state index contributed by atoms with van der Waals surface area (Å²) in [5.74, 6) is -0.481. The largest absolute Gasteiger partial charge is 0.461 e. The van der Waals surface area contributed by atoms with Crippen LogP contribution in [0.1, 0.15) is 55.9 Å². The van der Waals surface area contributed by atoms with E-state index in [4.69, 9.17) is 4.74 Å². The van der Waals surface area contributed by atoms with Gasteiger partial charge in [-0.15, -0.1) is 0 Å². The fraction of sp³-hybridized carbons (Fsp3) is 0.444. The minimum absolute atomic E-state index is 0.185. The van der Waals surface area contributed by atoms with Crippen LogP contribution in [0.15, 0.2) is 41.2 Å². The average molecular weight is 316 g/mol. The minimum atomic E-state index is -0.481. The summed E-state index contributed by atoms with van der Waals surface area (Å²) < 4.78 is 6.55. The first-order valence-corrected chi connectivity index (χ1v) is 8.27. The van der Waals surface area contributed by atoms with Gasteiger partial charge in [-0.25, -0.2) is 9.48 Å². The number of para-hydroxylation sites is 1. The van der Waals surface area contributed by atoms with Crippen LogP contribution in [0.5, 0.6) is 0 Å². The van der Waals surface area contributed by atoms with Gasteiger partial charge in [-0.2, -0.15) is 0 Å². The van der Waals surface area contributed by atoms with Gasteiger partial charge in [0.2, 0.25) is 0 Å². The summed E-state index contributed by atoms with van der Waals surface area (Å²) in [6, 6.07) is 10.4. The number of benzene rings is 1. The highest BCUT2D eigenvalue weighted by molar-refractivity contribution is 5.87. The van der Waals surface area contributed by atoms with Crippen LogP contribution in [0.2, 0.25) is 0 Å². The van der Waals surface area contributed by atoms with Gasteiger partial charge in [0.25, 0.3) is 5.56 Å². The normalized spacial score (nSPS) is 10.7. The van der Waals surface area contributed by atoms with E-state index in [2.05, 4.69) is 12.0 Å². The van der Waals surface area contributed by atoms with Crippen molar-refractivity contribution in [2.75, 3.05) is 6.61 Å². The lowest BCUT2D eigenvalue weighted by Crippen LogP contribution is -2.13. The van der Waals surface area contributed by atoms with Gasteiger partial charge in [0.1, 0.15) is 5.69 Å². The van der Waals surface area contributed by atoms with Crippen LogP contribution in [-0.2, 0) is 4.74 Å². The lowest BCUT2D eigenvalue weighted by Gasteiger charge is -2.04. The second-order valence-corrected chi connectivity index (χ2v) is 5.58. The molecule has 1 aromatic heterocycles. The molecule has 2 aromatic rings. The minimum Gasteiger partial charge on any atom is -0.461 e. The lowest BCUT2D eigenvalue weighted by atomic mass is 10.1. The van der Waals surface area contributed by atoms with Gasteiger partial charge in [0, 0.05) is 6.07 Å². The Morgan fingerprint density at radius 3 is 2.52 bits per heavy atom. The van der Waals surface area contributed by atoms with Crippen molar-refractivity contribution in [2.45, 2.75) is 45.4 Å². The molecule has 0 saturated heterocycles. The van der Waals surface area contributed by atoms with Gasteiger partial charge in [-0.05, 0) is 18.6 Å². The van der Waals surface area contributed by atoms with E-state index in [1.165, 1.54) is 36.4 Å². The van der Waals surface area contributed by atoms with Crippen LogP contribution in [0.3, 0.4) is 0 Å². The van der Waals surface area contributed by atoms with Crippen LogP contribution >= 0.6 is 0 Å². The highest BCUT2D eigenvalue weighted by Crippen LogP contribution is 2.07. The zero-order valence-electron chi connectivity index (χ0n) is 13.6. The van der Waals surface area contributed by atoms with Crippen LogP contribution in [0.25, 0.3) is 5.69 Å². The lowest BCUT2D eigenvalue weighted by molar-refractivity contribution is 0.0490. The molecule has 0 unspecified atom stereocenters. The van der Waals surface area contributed by atoms with Crippen LogP contribution in [0, 0.1) is 0 Å². The molecule has 124 valence electrons. The van der Waals surface area contributed by atoms with Crippen molar-refractivity contribution in [1.82, 2.24) is 9.78 Å². The monoisotopic (exact) mass is 316 g/mol. The van der Waals surface area contributed by atoms with E-state index in [0.29, 0.717) is 12.3 Å². The summed E-state index contributed by atoms with van der Waals surface area (Å²) in [4.78, 5) is 23.9. The second kappa shape index (κ2) is 8.98. The third-order valence-corrected chi connectivity index (χ3v) is 3.69. The second-order valence-electron chi connectivity index (χ2n) is 5.58. The van der Waals surface area contributed by atoms with E-state index in [1.54, 1.807) is 12.1 Å². The van der Waals surface area contributed by atoms with Crippen molar-refractivity contribution in [2.24, 2.45) is 0 Å². The molecule has 5 nitrogen and oxygen atoms in total. The van der Waals surface area contributed by atoms with E-state index < -0.39 is 5.97 Å². The molecule has 0 aliphatic heterocycles. The quantitative estimate of drug-likeness (QED) is 0.567. The SMILES string of the molecule is CCCCCCCCOC(=O)c1cc(=O)n(-c2ccccc2)[nH]1. The van der Waals surface area contributed by atoms with Crippen molar-refractivity contribution in [1.29, 1.82) is 0 Å². The Morgan fingerprint density at radius 1 is 1.09 bits per heavy atom. The molecule has 1 N–H and O–H groups in total. The number of hydrogen-bond acceptors (Lipinski definition) is 3. The predicted octanol–water partition coefficient (Wildman–Crippen LogP) is 3.68. The average Bonchev–Trinajstić information content (AvgIpc) is 2.96. The Hall–Kier alpha value is -2.30. The Balaban J connectivity index is 1.83. The first kappa shape index (κ1) is 17.1. The smallest absolute Gasteiger partial charge is 0.356 e. The van der Waals surface area contributed by atoms with Crippen molar-refractivity contribution in [3.05, 3.63) is 52.4 Å². The van der Waals surface area contributed by atoms with Gasteiger partial charge >= 0.3 is 5.97 Å². The van der Waals surface area contributed by atoms with Crippen LogP contribution in [0.4, 0.5) is 0 Å². The van der Waals surface area contributed by atoms with E-state index in [-0.39, 0.29) is 11.3 Å². The topological polar surface area (TPSA) is 64.1 Å². The van der Waals surface area contributed by atoms with Gasteiger partial charge in [0.05, 0.1) is 12.3 Å². The number of nitrogens with one attached hydrogen (secondary N) is 1. The maximum atomic E-state index is 12.0. The molecule has 0 saturated carbocycles. The number of unbranched alkanes of at least 4 members (excludes halogenated alkanes) is 5. The molecule has 0 spiro atoms. The van der Waals surface area contributed by atoms with Gasteiger partial charge in [0.15, 0.2) is 0 Å².